The van der Waals surface area contributed by atoms with Gasteiger partial charge < -0.3 is 19.7 Å². The number of hydrogen-bond acceptors (Lipinski definition) is 9. The van der Waals surface area contributed by atoms with Gasteiger partial charge in [0.2, 0.25) is 10.0 Å². The lowest BCUT2D eigenvalue weighted by molar-refractivity contribution is -0.135. The molecule has 1 spiro atoms. The molecule has 2 bridgehead atoms. The number of amides is 1. The Labute approximate surface area is 327 Å². The van der Waals surface area contributed by atoms with Gasteiger partial charge in [0, 0.05) is 67.3 Å². The fraction of sp³-hybridized carbons (Fsp3) is 0.619. The molecule has 3 heterocycles. The second-order valence-electron chi connectivity index (χ2n) is 16.4. The van der Waals surface area contributed by atoms with E-state index in [2.05, 4.69) is 52.7 Å². The Kier molecular flexibility index (Phi) is 12.5. The molecule has 3 aliphatic heterocycles. The number of aldehydes is 1. The number of anilines is 1. The summed E-state index contributed by atoms with van der Waals surface area (Å²) in [5.74, 6) is -0.203. The number of carbonyl (C=O) groups excluding carboxylic acids is 2. The highest BCUT2D eigenvalue weighted by Gasteiger charge is 2.49. The van der Waals surface area contributed by atoms with Crippen LogP contribution in [-0.4, -0.2) is 94.9 Å². The first kappa shape index (κ1) is 40.7. The van der Waals surface area contributed by atoms with Crippen LogP contribution in [0.1, 0.15) is 88.2 Å². The normalized spacial score (nSPS) is 34.4. The summed E-state index contributed by atoms with van der Waals surface area (Å²) >= 11 is 6.40. The number of allylic oxidation sites excluding steroid dienone is 1. The van der Waals surface area contributed by atoms with Crippen LogP contribution >= 0.6 is 11.6 Å². The zero-order valence-corrected chi connectivity index (χ0v) is 34.3. The van der Waals surface area contributed by atoms with Gasteiger partial charge >= 0.3 is 0 Å². The molecule has 296 valence electrons. The number of nitrogens with one attached hydrogen (secondary N) is 2. The lowest BCUT2D eigenvalue weighted by Crippen LogP contribution is -2.54. The Morgan fingerprint density at radius 2 is 1.83 bits per heavy atom. The van der Waals surface area contributed by atoms with Crippen molar-refractivity contribution in [1.29, 1.82) is 0 Å². The lowest BCUT2D eigenvalue weighted by Gasteiger charge is -2.48. The van der Waals surface area contributed by atoms with Crippen molar-refractivity contribution in [1.82, 2.24) is 14.9 Å². The number of halogens is 1. The van der Waals surface area contributed by atoms with Gasteiger partial charge in [0.15, 0.2) is 6.29 Å². The standard InChI is InChI=1S/C34H41ClN2O6S.C8H18N2/c1-22-6-4-15-34(20-38,42-3)29-11-8-26(29)18-37-19-33(14-5-7-24-16-27(35)10-12-28(24)33)21-43-31-13-9-25(17-30(31)37)32(39)36-44(40,41)23(22)2;1-4-10-7(2)5-9-6-8(10)3/h4,9-10,12-13,15-17,20,22-23,26,29H,5-8,11,14,18-19,21H2,1-3H3,(H,36,39);7-9H,4-6H2,1-3H3/b15-4+;/t22-,23+,26-,29+,33-,34-;7-,8+/m0./s1. The first-order chi connectivity index (χ1) is 25.8. The second-order valence-corrected chi connectivity index (χ2v) is 18.9. The molecule has 0 aromatic heterocycles. The van der Waals surface area contributed by atoms with Crippen molar-refractivity contribution >= 4 is 39.5 Å². The Morgan fingerprint density at radius 3 is 2.48 bits per heavy atom. The van der Waals surface area contributed by atoms with Crippen LogP contribution in [0, 0.1) is 17.8 Å². The number of sulfonamides is 1. The van der Waals surface area contributed by atoms with E-state index in [1.54, 1.807) is 32.2 Å². The summed E-state index contributed by atoms with van der Waals surface area (Å²) in [6, 6.07) is 12.7. The average Bonchev–Trinajstić information content (AvgIpc) is 3.28. The SMILES string of the molecule is CCN1[C@H](C)CNC[C@@H]1C.CO[C@]1(C=O)/C=C/C[C@H](C)[C@@H](C)S(=O)(=O)NC(=O)c2ccc3c(c2)N(C[C@@H]2CC[C@H]21)C[C@@]1(CCCc2cc(Cl)ccc21)CO3. The molecule has 12 heteroatoms. The molecule has 5 aliphatic rings. The number of carbonyl (C=O) groups is 2. The van der Waals surface area contributed by atoms with E-state index < -0.39 is 26.8 Å². The second kappa shape index (κ2) is 16.6. The van der Waals surface area contributed by atoms with Gasteiger partial charge in [-0.3, -0.25) is 14.5 Å². The van der Waals surface area contributed by atoms with E-state index >= 15 is 0 Å². The van der Waals surface area contributed by atoms with Gasteiger partial charge in [-0.25, -0.2) is 13.1 Å². The van der Waals surface area contributed by atoms with Gasteiger partial charge in [0.05, 0.1) is 17.5 Å². The van der Waals surface area contributed by atoms with Crippen molar-refractivity contribution < 1.29 is 27.5 Å². The van der Waals surface area contributed by atoms with Crippen molar-refractivity contribution in [3.63, 3.8) is 0 Å². The summed E-state index contributed by atoms with van der Waals surface area (Å²) in [6.07, 6.45) is 9.65. The number of nitrogens with zero attached hydrogens (tertiary/aromatic N) is 2. The minimum absolute atomic E-state index is 0.0434. The van der Waals surface area contributed by atoms with Crippen LogP contribution in [-0.2, 0) is 31.4 Å². The van der Waals surface area contributed by atoms with Crippen LogP contribution in [0.15, 0.2) is 48.6 Å². The molecular weight excluding hydrogens is 724 g/mol. The number of rotatable bonds is 3. The van der Waals surface area contributed by atoms with Crippen molar-refractivity contribution in [3.05, 3.63) is 70.3 Å². The predicted molar refractivity (Wildman–Crippen MR) is 215 cm³/mol. The molecule has 1 amide bonds. The number of ether oxygens (including phenoxy) is 2. The monoisotopic (exact) mass is 782 g/mol. The maximum Gasteiger partial charge on any atom is 0.264 e. The highest BCUT2D eigenvalue weighted by molar-refractivity contribution is 7.90. The molecule has 1 saturated carbocycles. The first-order valence-electron chi connectivity index (χ1n) is 19.8. The summed E-state index contributed by atoms with van der Waals surface area (Å²) in [7, 11) is -2.41. The molecule has 2 aromatic rings. The van der Waals surface area contributed by atoms with E-state index in [4.69, 9.17) is 21.1 Å². The van der Waals surface area contributed by atoms with Gasteiger partial charge in [-0.2, -0.15) is 0 Å². The average molecular weight is 783 g/mol. The van der Waals surface area contributed by atoms with Crippen LogP contribution < -0.4 is 19.7 Å². The van der Waals surface area contributed by atoms with Gasteiger partial charge in [0.1, 0.15) is 11.4 Å². The van der Waals surface area contributed by atoms with Gasteiger partial charge in [-0.15, -0.1) is 0 Å². The van der Waals surface area contributed by atoms with Crippen LogP contribution in [0.4, 0.5) is 5.69 Å². The van der Waals surface area contributed by atoms with E-state index in [-0.39, 0.29) is 28.7 Å². The minimum atomic E-state index is -3.97. The lowest BCUT2D eigenvalue weighted by atomic mass is 9.64. The third-order valence-electron chi connectivity index (χ3n) is 13.1. The number of fused-ring (bicyclic) bond motifs is 4. The number of benzene rings is 2. The number of hydrogen-bond donors (Lipinski definition) is 2. The largest absolute Gasteiger partial charge is 0.490 e. The molecule has 8 atom stereocenters. The molecule has 2 aromatic carbocycles. The Bertz CT molecular complexity index is 1810. The minimum Gasteiger partial charge on any atom is -0.490 e. The summed E-state index contributed by atoms with van der Waals surface area (Å²) in [5, 5.41) is 3.28. The highest BCUT2D eigenvalue weighted by Crippen LogP contribution is 2.48. The summed E-state index contributed by atoms with van der Waals surface area (Å²) < 4.78 is 41.3. The van der Waals surface area contributed by atoms with E-state index in [0.717, 1.165) is 57.2 Å². The number of likely N-dealkylation sites (N-methyl/N-ethyl adjacent to an activating group) is 1. The van der Waals surface area contributed by atoms with Crippen LogP contribution in [0.3, 0.4) is 0 Å². The van der Waals surface area contributed by atoms with Crippen LogP contribution in [0.25, 0.3) is 0 Å². The molecule has 2 fully saturated rings. The number of methoxy groups -OCH3 is 1. The smallest absolute Gasteiger partial charge is 0.264 e. The zero-order chi connectivity index (χ0) is 38.8. The van der Waals surface area contributed by atoms with Gasteiger partial charge in [-0.1, -0.05) is 37.6 Å². The summed E-state index contributed by atoms with van der Waals surface area (Å²) in [4.78, 5) is 30.9. The molecule has 0 radical (unpaired) electrons. The van der Waals surface area contributed by atoms with Crippen molar-refractivity contribution in [2.75, 3.05) is 51.3 Å². The molecular formula is C42H59ClN4O6S. The quantitative estimate of drug-likeness (QED) is 0.279. The van der Waals surface area contributed by atoms with Crippen molar-refractivity contribution in [2.24, 2.45) is 17.8 Å². The number of aryl methyl sites for hydroxylation is 1. The third-order valence-corrected chi connectivity index (χ3v) is 15.2. The molecule has 10 nitrogen and oxygen atoms in total. The molecule has 1 saturated heterocycles. The molecule has 54 heavy (non-hydrogen) atoms. The third kappa shape index (κ3) is 8.12. The first-order valence-corrected chi connectivity index (χ1v) is 21.7. The Morgan fingerprint density at radius 1 is 1.07 bits per heavy atom. The maximum absolute atomic E-state index is 13.4. The van der Waals surface area contributed by atoms with E-state index in [9.17, 15) is 18.0 Å². The Hall–Kier alpha value is -2.96. The predicted octanol–water partition coefficient (Wildman–Crippen LogP) is 6.16. The molecule has 0 unspecified atom stereocenters. The highest BCUT2D eigenvalue weighted by atomic mass is 35.5. The Balaban J connectivity index is 0.000000432. The van der Waals surface area contributed by atoms with Crippen molar-refractivity contribution in [2.45, 2.75) is 101 Å². The maximum atomic E-state index is 13.4. The van der Waals surface area contributed by atoms with Crippen molar-refractivity contribution in [3.8, 4) is 5.75 Å². The fourth-order valence-corrected chi connectivity index (χ4v) is 11.0. The fourth-order valence-electron chi connectivity index (χ4n) is 9.48. The zero-order valence-electron chi connectivity index (χ0n) is 32.8. The summed E-state index contributed by atoms with van der Waals surface area (Å²) in [6.45, 7) is 15.5. The summed E-state index contributed by atoms with van der Waals surface area (Å²) in [5.41, 5.74) is 2.05. The van der Waals surface area contributed by atoms with E-state index in [1.165, 1.54) is 17.7 Å². The van der Waals surface area contributed by atoms with Crippen LogP contribution in [0.2, 0.25) is 5.02 Å². The molecule has 7 rings (SSSR count). The molecule has 2 N–H and O–H groups in total. The topological polar surface area (TPSA) is 117 Å². The van der Waals surface area contributed by atoms with E-state index in [1.807, 2.05) is 25.1 Å². The van der Waals surface area contributed by atoms with Gasteiger partial charge in [0.25, 0.3) is 5.91 Å². The van der Waals surface area contributed by atoms with Gasteiger partial charge in [-0.05, 0) is 125 Å². The van der Waals surface area contributed by atoms with Crippen LogP contribution in [0.5, 0.6) is 5.75 Å². The number of piperazine rings is 1. The van der Waals surface area contributed by atoms with E-state index in [0.29, 0.717) is 49.0 Å². The molecule has 2 aliphatic carbocycles.